The maximum atomic E-state index is 12.1. The Morgan fingerprint density at radius 1 is 1.00 bits per heavy atom. The molecule has 4 heteroatoms. The first-order valence-electron chi connectivity index (χ1n) is 7.02. The molecule has 0 bridgehead atoms. The van der Waals surface area contributed by atoms with Crippen molar-refractivity contribution in [2.24, 2.45) is 0 Å². The minimum atomic E-state index is -0.361. The molecule has 114 valence electrons. The summed E-state index contributed by atoms with van der Waals surface area (Å²) in [6, 6.07) is 15.8. The zero-order valence-electron chi connectivity index (χ0n) is 12.1. The Balaban J connectivity index is 1.84. The van der Waals surface area contributed by atoms with Crippen LogP contribution in [0.4, 0.5) is 0 Å². The smallest absolute Gasteiger partial charge is 0.189 e. The number of phenols is 2. The van der Waals surface area contributed by atoms with Crippen molar-refractivity contribution in [2.75, 3.05) is 0 Å². The van der Waals surface area contributed by atoms with E-state index in [1.807, 2.05) is 41.8 Å². The predicted molar refractivity (Wildman–Crippen MR) is 92.9 cm³/mol. The standard InChI is InChI=1S/C19H14O3S/c20-15-7-9-18(22)16(12-15)17(21)8-6-13-3-1-4-14(11-13)19-5-2-10-23-19/h1-12,20,22H/b8-6+. The van der Waals surface area contributed by atoms with E-state index in [0.717, 1.165) is 16.0 Å². The summed E-state index contributed by atoms with van der Waals surface area (Å²) in [6.07, 6.45) is 3.09. The highest BCUT2D eigenvalue weighted by Gasteiger charge is 2.09. The number of ketones is 1. The Hall–Kier alpha value is -2.85. The topological polar surface area (TPSA) is 57.5 Å². The molecule has 0 amide bonds. The van der Waals surface area contributed by atoms with Gasteiger partial charge in [-0.25, -0.2) is 0 Å². The summed E-state index contributed by atoms with van der Waals surface area (Å²) in [7, 11) is 0. The third-order valence-electron chi connectivity index (χ3n) is 3.37. The van der Waals surface area contributed by atoms with Gasteiger partial charge in [0.25, 0.3) is 0 Å². The van der Waals surface area contributed by atoms with Crippen LogP contribution in [0.3, 0.4) is 0 Å². The molecule has 0 spiro atoms. The van der Waals surface area contributed by atoms with Crippen LogP contribution in [0.25, 0.3) is 16.5 Å². The molecule has 3 nitrogen and oxygen atoms in total. The Labute approximate surface area is 137 Å². The zero-order valence-corrected chi connectivity index (χ0v) is 13.0. The molecule has 2 N–H and O–H groups in total. The summed E-state index contributed by atoms with van der Waals surface area (Å²) in [4.78, 5) is 13.3. The molecule has 1 heterocycles. The summed E-state index contributed by atoms with van der Waals surface area (Å²) < 4.78 is 0. The van der Waals surface area contributed by atoms with Gasteiger partial charge in [-0.05, 0) is 52.9 Å². The number of allylic oxidation sites excluding steroid dienone is 1. The Kier molecular flexibility index (Phi) is 4.26. The molecule has 2 aromatic carbocycles. The van der Waals surface area contributed by atoms with Crippen molar-refractivity contribution in [3.05, 3.63) is 77.2 Å². The number of benzene rings is 2. The highest BCUT2D eigenvalue weighted by atomic mass is 32.1. The number of phenolic OH excluding ortho intramolecular Hbond substituents is 2. The number of hydrogen-bond acceptors (Lipinski definition) is 4. The first-order chi connectivity index (χ1) is 11.1. The van der Waals surface area contributed by atoms with E-state index in [1.165, 1.54) is 24.3 Å². The van der Waals surface area contributed by atoms with Crippen LogP contribution in [0, 0.1) is 0 Å². The minimum Gasteiger partial charge on any atom is -0.508 e. The van der Waals surface area contributed by atoms with E-state index < -0.39 is 0 Å². The van der Waals surface area contributed by atoms with Crippen LogP contribution in [-0.4, -0.2) is 16.0 Å². The molecule has 0 aliphatic rings. The fourth-order valence-corrected chi connectivity index (χ4v) is 2.95. The predicted octanol–water partition coefficient (Wildman–Crippen LogP) is 4.72. The van der Waals surface area contributed by atoms with E-state index in [-0.39, 0.29) is 22.8 Å². The third kappa shape index (κ3) is 3.49. The second kappa shape index (κ2) is 6.50. The Morgan fingerprint density at radius 2 is 1.87 bits per heavy atom. The van der Waals surface area contributed by atoms with E-state index >= 15 is 0 Å². The Bertz CT molecular complexity index is 864. The molecule has 0 aliphatic heterocycles. The van der Waals surface area contributed by atoms with Crippen LogP contribution in [0.15, 0.2) is 66.1 Å². The summed E-state index contributed by atoms with van der Waals surface area (Å²) in [5, 5.41) is 21.2. The van der Waals surface area contributed by atoms with Crippen LogP contribution < -0.4 is 0 Å². The van der Waals surface area contributed by atoms with Gasteiger partial charge < -0.3 is 10.2 Å². The van der Waals surface area contributed by atoms with Crippen LogP contribution in [0.1, 0.15) is 15.9 Å². The Morgan fingerprint density at radius 3 is 2.65 bits per heavy atom. The van der Waals surface area contributed by atoms with Crippen molar-refractivity contribution in [3.8, 4) is 21.9 Å². The summed E-state index contributed by atoms with van der Waals surface area (Å²) in [5.41, 5.74) is 2.06. The lowest BCUT2D eigenvalue weighted by molar-refractivity contribution is 0.104. The van der Waals surface area contributed by atoms with Crippen LogP contribution in [0.5, 0.6) is 11.5 Å². The minimum absolute atomic E-state index is 0.0563. The van der Waals surface area contributed by atoms with Gasteiger partial charge >= 0.3 is 0 Å². The molecule has 0 aliphatic carbocycles. The van der Waals surface area contributed by atoms with Crippen LogP contribution in [0.2, 0.25) is 0 Å². The average molecular weight is 322 g/mol. The van der Waals surface area contributed by atoms with E-state index in [9.17, 15) is 15.0 Å². The summed E-state index contributed by atoms with van der Waals surface area (Å²) >= 11 is 1.66. The molecule has 23 heavy (non-hydrogen) atoms. The lowest BCUT2D eigenvalue weighted by Gasteiger charge is -2.02. The van der Waals surface area contributed by atoms with E-state index in [0.29, 0.717) is 0 Å². The SMILES string of the molecule is O=C(/C=C/c1cccc(-c2cccs2)c1)c1cc(O)ccc1O. The van der Waals surface area contributed by atoms with E-state index in [1.54, 1.807) is 17.4 Å². The van der Waals surface area contributed by atoms with Gasteiger partial charge in [-0.2, -0.15) is 0 Å². The van der Waals surface area contributed by atoms with Gasteiger partial charge in [-0.3, -0.25) is 4.79 Å². The van der Waals surface area contributed by atoms with Gasteiger partial charge in [-0.1, -0.05) is 30.3 Å². The van der Waals surface area contributed by atoms with Crippen LogP contribution >= 0.6 is 11.3 Å². The van der Waals surface area contributed by atoms with Gasteiger partial charge in [0.1, 0.15) is 11.5 Å². The average Bonchev–Trinajstić information content (AvgIpc) is 3.10. The normalized spacial score (nSPS) is 11.0. The molecule has 0 saturated carbocycles. The monoisotopic (exact) mass is 322 g/mol. The van der Waals surface area contributed by atoms with Crippen molar-refractivity contribution >= 4 is 23.2 Å². The van der Waals surface area contributed by atoms with Gasteiger partial charge in [-0.15, -0.1) is 11.3 Å². The first-order valence-corrected chi connectivity index (χ1v) is 7.90. The quantitative estimate of drug-likeness (QED) is 0.415. The number of aromatic hydroxyl groups is 2. The van der Waals surface area contributed by atoms with Crippen LogP contribution in [-0.2, 0) is 0 Å². The van der Waals surface area contributed by atoms with Crippen molar-refractivity contribution in [1.29, 1.82) is 0 Å². The van der Waals surface area contributed by atoms with Crippen molar-refractivity contribution in [1.82, 2.24) is 0 Å². The van der Waals surface area contributed by atoms with Gasteiger partial charge in [0.15, 0.2) is 5.78 Å². The van der Waals surface area contributed by atoms with Gasteiger partial charge in [0, 0.05) is 4.88 Å². The number of thiophene rings is 1. The second-order valence-corrected chi connectivity index (χ2v) is 5.95. The van der Waals surface area contributed by atoms with Crippen molar-refractivity contribution in [3.63, 3.8) is 0 Å². The maximum Gasteiger partial charge on any atom is 0.189 e. The lowest BCUT2D eigenvalue weighted by Crippen LogP contribution is -1.94. The number of carbonyl (C=O) groups is 1. The molecule has 0 atom stereocenters. The molecular weight excluding hydrogens is 308 g/mol. The molecule has 0 fully saturated rings. The van der Waals surface area contributed by atoms with Crippen molar-refractivity contribution in [2.45, 2.75) is 0 Å². The first kappa shape index (κ1) is 15.1. The maximum absolute atomic E-state index is 12.1. The highest BCUT2D eigenvalue weighted by molar-refractivity contribution is 7.13. The lowest BCUT2D eigenvalue weighted by atomic mass is 10.1. The molecule has 1 aromatic heterocycles. The fraction of sp³-hybridized carbons (Fsp3) is 0. The molecule has 0 saturated heterocycles. The number of rotatable bonds is 4. The molecular formula is C19H14O3S. The fourth-order valence-electron chi connectivity index (χ4n) is 2.22. The van der Waals surface area contributed by atoms with E-state index in [2.05, 4.69) is 0 Å². The highest BCUT2D eigenvalue weighted by Crippen LogP contribution is 2.26. The number of hydrogen-bond donors (Lipinski definition) is 2. The van der Waals surface area contributed by atoms with Gasteiger partial charge in [0.2, 0.25) is 0 Å². The van der Waals surface area contributed by atoms with Gasteiger partial charge in [0.05, 0.1) is 5.56 Å². The largest absolute Gasteiger partial charge is 0.508 e. The third-order valence-corrected chi connectivity index (χ3v) is 4.28. The second-order valence-electron chi connectivity index (χ2n) is 5.00. The van der Waals surface area contributed by atoms with Crippen molar-refractivity contribution < 1.29 is 15.0 Å². The molecule has 0 radical (unpaired) electrons. The molecule has 3 aromatic rings. The zero-order chi connectivity index (χ0) is 16.2. The number of carbonyl (C=O) groups excluding carboxylic acids is 1. The molecule has 3 rings (SSSR count). The summed E-state index contributed by atoms with van der Waals surface area (Å²) in [6.45, 7) is 0. The molecule has 0 unspecified atom stereocenters. The summed E-state index contributed by atoms with van der Waals surface area (Å²) in [5.74, 6) is -0.566. The van der Waals surface area contributed by atoms with E-state index in [4.69, 9.17) is 0 Å².